The highest BCUT2D eigenvalue weighted by molar-refractivity contribution is 5.76. The van der Waals surface area contributed by atoms with Gasteiger partial charge in [0.2, 0.25) is 0 Å². The van der Waals surface area contributed by atoms with E-state index in [1.54, 1.807) is 6.92 Å². The number of carboxylic acid groups (broad SMARTS) is 1. The maximum atomic E-state index is 11.2. The van der Waals surface area contributed by atoms with E-state index in [-0.39, 0.29) is 0 Å². The molecule has 1 atom stereocenters. The van der Waals surface area contributed by atoms with Crippen molar-refractivity contribution >= 4 is 5.97 Å². The minimum atomic E-state index is -0.816. The van der Waals surface area contributed by atoms with E-state index >= 15 is 0 Å². The molecule has 0 spiro atoms. The average Bonchev–Trinajstić information content (AvgIpc) is 2.36. The Morgan fingerprint density at radius 3 is 2.00 bits per heavy atom. The lowest BCUT2D eigenvalue weighted by Gasteiger charge is -2.21. The van der Waals surface area contributed by atoms with Crippen molar-refractivity contribution in [2.45, 2.75) is 77.6 Å². The molecule has 1 N–H and O–H groups in total. The normalized spacial score (nSPS) is 18.8. The predicted octanol–water partition coefficient (Wildman–Crippen LogP) is 4.11. The molecule has 0 radical (unpaired) electrons. The van der Waals surface area contributed by atoms with Crippen LogP contribution in [0.5, 0.6) is 0 Å². The lowest BCUT2D eigenvalue weighted by atomic mass is 9.90. The monoisotopic (exact) mass is 290 g/mol. The molecular formula is C17H26N2O2. The molecule has 21 heavy (non-hydrogen) atoms. The number of aryl methyl sites for hydroxylation is 2. The summed E-state index contributed by atoms with van der Waals surface area (Å²) in [5, 5.41) is 9.22. The predicted molar refractivity (Wildman–Crippen MR) is 82.6 cm³/mol. The van der Waals surface area contributed by atoms with Crippen LogP contribution in [-0.4, -0.2) is 21.0 Å². The summed E-state index contributed by atoms with van der Waals surface area (Å²) in [6.07, 6.45) is 8.78. The Morgan fingerprint density at radius 2 is 1.52 bits per heavy atom. The van der Waals surface area contributed by atoms with E-state index in [1.165, 1.54) is 32.1 Å². The molecular weight excluding hydrogens is 264 g/mol. The van der Waals surface area contributed by atoms with Crippen molar-refractivity contribution in [3.8, 4) is 0 Å². The van der Waals surface area contributed by atoms with Crippen LogP contribution >= 0.6 is 0 Å². The van der Waals surface area contributed by atoms with E-state index in [0.29, 0.717) is 5.92 Å². The molecule has 0 bridgehead atoms. The number of carboxylic acids is 1. The Balaban J connectivity index is 2.27. The van der Waals surface area contributed by atoms with E-state index < -0.39 is 11.9 Å². The van der Waals surface area contributed by atoms with Gasteiger partial charge in [-0.25, -0.2) is 9.97 Å². The summed E-state index contributed by atoms with van der Waals surface area (Å²) in [7, 11) is 0. The Bertz CT molecular complexity index is 483. The molecule has 1 unspecified atom stereocenters. The zero-order chi connectivity index (χ0) is 15.4. The quantitative estimate of drug-likeness (QED) is 0.910. The Kier molecular flexibility index (Phi) is 5.32. The van der Waals surface area contributed by atoms with E-state index in [4.69, 9.17) is 0 Å². The molecule has 1 aliphatic rings. The van der Waals surface area contributed by atoms with Crippen LogP contribution in [0.25, 0.3) is 0 Å². The Labute approximate surface area is 127 Å². The molecule has 4 heteroatoms. The molecule has 0 amide bonds. The topological polar surface area (TPSA) is 63.1 Å². The summed E-state index contributed by atoms with van der Waals surface area (Å²) < 4.78 is 0. The second kappa shape index (κ2) is 7.01. The summed E-state index contributed by atoms with van der Waals surface area (Å²) >= 11 is 0. The summed E-state index contributed by atoms with van der Waals surface area (Å²) in [5.41, 5.74) is 2.43. The highest BCUT2D eigenvalue weighted by Gasteiger charge is 2.23. The van der Waals surface area contributed by atoms with Crippen LogP contribution in [0.4, 0.5) is 0 Å². The lowest BCUT2D eigenvalue weighted by Crippen LogP contribution is -2.16. The van der Waals surface area contributed by atoms with Crippen molar-refractivity contribution in [1.29, 1.82) is 0 Å². The molecule has 0 aromatic carbocycles. The fourth-order valence-electron chi connectivity index (χ4n) is 3.40. The third-order valence-corrected chi connectivity index (χ3v) is 4.62. The third kappa shape index (κ3) is 3.80. The van der Waals surface area contributed by atoms with Gasteiger partial charge in [-0.05, 0) is 33.6 Å². The van der Waals surface area contributed by atoms with Crippen LogP contribution in [0.3, 0.4) is 0 Å². The molecule has 1 aliphatic carbocycles. The van der Waals surface area contributed by atoms with E-state index in [1.807, 2.05) is 13.8 Å². The molecule has 1 saturated carbocycles. The number of carbonyl (C=O) groups is 1. The van der Waals surface area contributed by atoms with Gasteiger partial charge in [0.1, 0.15) is 5.82 Å². The van der Waals surface area contributed by atoms with Crippen molar-refractivity contribution in [2.24, 2.45) is 0 Å². The van der Waals surface area contributed by atoms with Gasteiger partial charge < -0.3 is 5.11 Å². The first-order valence-electron chi connectivity index (χ1n) is 8.08. The summed E-state index contributed by atoms with van der Waals surface area (Å²) in [6.45, 7) is 5.53. The SMILES string of the molecule is Cc1nc(C2CCCCCCC2)nc(C)c1C(C)C(=O)O. The maximum Gasteiger partial charge on any atom is 0.310 e. The van der Waals surface area contributed by atoms with Crippen LogP contribution in [0, 0.1) is 13.8 Å². The lowest BCUT2D eigenvalue weighted by molar-refractivity contribution is -0.138. The molecule has 0 aliphatic heterocycles. The van der Waals surface area contributed by atoms with Gasteiger partial charge in [-0.1, -0.05) is 32.1 Å². The van der Waals surface area contributed by atoms with Crippen LogP contribution in [0.1, 0.15) is 86.5 Å². The Morgan fingerprint density at radius 1 is 1.05 bits per heavy atom. The first kappa shape index (κ1) is 15.9. The minimum absolute atomic E-state index is 0.442. The third-order valence-electron chi connectivity index (χ3n) is 4.62. The molecule has 1 aromatic rings. The van der Waals surface area contributed by atoms with Gasteiger partial charge in [-0.2, -0.15) is 0 Å². The van der Waals surface area contributed by atoms with Gasteiger partial charge in [-0.3, -0.25) is 4.79 Å². The number of aliphatic carboxylic acids is 1. The van der Waals surface area contributed by atoms with Gasteiger partial charge in [-0.15, -0.1) is 0 Å². The van der Waals surface area contributed by atoms with Gasteiger partial charge in [0.15, 0.2) is 0 Å². The molecule has 116 valence electrons. The molecule has 1 fully saturated rings. The number of aromatic nitrogens is 2. The largest absolute Gasteiger partial charge is 0.481 e. The highest BCUT2D eigenvalue weighted by atomic mass is 16.4. The van der Waals surface area contributed by atoms with E-state index in [2.05, 4.69) is 9.97 Å². The summed E-state index contributed by atoms with van der Waals surface area (Å²) in [5.74, 6) is 0.00464. The first-order valence-corrected chi connectivity index (χ1v) is 8.08. The van der Waals surface area contributed by atoms with Crippen LogP contribution < -0.4 is 0 Å². The number of rotatable bonds is 3. The van der Waals surface area contributed by atoms with E-state index in [0.717, 1.165) is 35.6 Å². The van der Waals surface area contributed by atoms with Crippen molar-refractivity contribution in [1.82, 2.24) is 9.97 Å². The van der Waals surface area contributed by atoms with Gasteiger partial charge in [0.05, 0.1) is 5.92 Å². The first-order chi connectivity index (χ1) is 10.0. The zero-order valence-electron chi connectivity index (χ0n) is 13.4. The van der Waals surface area contributed by atoms with Gasteiger partial charge >= 0.3 is 5.97 Å². The highest BCUT2D eigenvalue weighted by Crippen LogP contribution is 2.31. The second-order valence-electron chi connectivity index (χ2n) is 6.27. The van der Waals surface area contributed by atoms with Crippen LogP contribution in [0.2, 0.25) is 0 Å². The number of hydrogen-bond acceptors (Lipinski definition) is 3. The Hall–Kier alpha value is -1.45. The molecule has 0 saturated heterocycles. The van der Waals surface area contributed by atoms with E-state index in [9.17, 15) is 9.90 Å². The standard InChI is InChI=1S/C17H26N2O2/c1-11(17(20)21)15-12(2)18-16(19-13(15)3)14-9-7-5-4-6-8-10-14/h11,14H,4-10H2,1-3H3,(H,20,21). The van der Waals surface area contributed by atoms with Gasteiger partial charge in [0, 0.05) is 22.9 Å². The maximum absolute atomic E-state index is 11.2. The molecule has 1 aromatic heterocycles. The minimum Gasteiger partial charge on any atom is -0.481 e. The molecule has 2 rings (SSSR count). The summed E-state index contributed by atoms with van der Waals surface area (Å²) in [6, 6.07) is 0. The number of hydrogen-bond donors (Lipinski definition) is 1. The van der Waals surface area contributed by atoms with Crippen molar-refractivity contribution in [2.75, 3.05) is 0 Å². The van der Waals surface area contributed by atoms with Gasteiger partial charge in [0.25, 0.3) is 0 Å². The van der Waals surface area contributed by atoms with Crippen molar-refractivity contribution in [3.05, 3.63) is 22.8 Å². The zero-order valence-corrected chi connectivity index (χ0v) is 13.4. The number of nitrogens with zero attached hydrogens (tertiary/aromatic N) is 2. The van der Waals surface area contributed by atoms with Crippen LogP contribution in [0.15, 0.2) is 0 Å². The van der Waals surface area contributed by atoms with Crippen molar-refractivity contribution < 1.29 is 9.90 Å². The molecule has 4 nitrogen and oxygen atoms in total. The smallest absolute Gasteiger partial charge is 0.310 e. The summed E-state index contributed by atoms with van der Waals surface area (Å²) in [4.78, 5) is 20.5. The fraction of sp³-hybridized carbons (Fsp3) is 0.706. The fourth-order valence-corrected chi connectivity index (χ4v) is 3.40. The second-order valence-corrected chi connectivity index (χ2v) is 6.27. The average molecular weight is 290 g/mol. The van der Waals surface area contributed by atoms with Crippen LogP contribution in [-0.2, 0) is 4.79 Å². The molecule has 1 heterocycles. The van der Waals surface area contributed by atoms with Crippen molar-refractivity contribution in [3.63, 3.8) is 0 Å².